The van der Waals surface area contributed by atoms with E-state index in [1.54, 1.807) is 42.3 Å². The molecule has 1 aliphatic rings. The second kappa shape index (κ2) is 8.77. The van der Waals surface area contributed by atoms with E-state index < -0.39 is 0 Å². The summed E-state index contributed by atoms with van der Waals surface area (Å²) in [7, 11) is 1.57. The van der Waals surface area contributed by atoms with Gasteiger partial charge in [-0.25, -0.2) is 4.79 Å². The minimum absolute atomic E-state index is 0.0442. The van der Waals surface area contributed by atoms with Gasteiger partial charge in [0.25, 0.3) is 0 Å². The predicted octanol–water partition coefficient (Wildman–Crippen LogP) is 4.23. The largest absolute Gasteiger partial charge is 0.495 e. The van der Waals surface area contributed by atoms with Crippen LogP contribution in [0.25, 0.3) is 0 Å². The predicted molar refractivity (Wildman–Crippen MR) is 106 cm³/mol. The molecule has 2 N–H and O–H groups in total. The Balaban J connectivity index is 1.51. The SMILES string of the molecule is COc1ccccc1NC(=O)C1CCN(C(=O)Nc2ccc(Cl)cc2)CC1. The molecule has 0 atom stereocenters. The van der Waals surface area contributed by atoms with Crippen LogP contribution in [0.2, 0.25) is 5.02 Å². The fourth-order valence-corrected chi connectivity index (χ4v) is 3.19. The Morgan fingerprint density at radius 1 is 1.04 bits per heavy atom. The molecule has 2 aromatic carbocycles. The smallest absolute Gasteiger partial charge is 0.321 e. The van der Waals surface area contributed by atoms with Crippen LogP contribution in [0.1, 0.15) is 12.8 Å². The minimum Gasteiger partial charge on any atom is -0.495 e. The summed E-state index contributed by atoms with van der Waals surface area (Å²) in [6.45, 7) is 1.06. The molecular weight excluding hydrogens is 366 g/mol. The first kappa shape index (κ1) is 19.0. The first-order chi connectivity index (χ1) is 13.1. The zero-order valence-corrected chi connectivity index (χ0v) is 15.8. The standard InChI is InChI=1S/C20H22ClN3O3/c1-27-18-5-3-2-4-17(18)23-19(25)14-10-12-24(13-11-14)20(26)22-16-8-6-15(21)7-9-16/h2-9,14H,10-13H2,1H3,(H,22,26)(H,23,25). The summed E-state index contributed by atoms with van der Waals surface area (Å²) in [6, 6.07) is 14.1. The van der Waals surface area contributed by atoms with Crippen molar-refractivity contribution in [1.82, 2.24) is 4.90 Å². The van der Waals surface area contributed by atoms with Gasteiger partial charge in [0.2, 0.25) is 5.91 Å². The topological polar surface area (TPSA) is 70.7 Å². The molecule has 1 fully saturated rings. The number of methoxy groups -OCH3 is 1. The molecule has 0 aromatic heterocycles. The van der Waals surface area contributed by atoms with Gasteiger partial charge < -0.3 is 20.3 Å². The van der Waals surface area contributed by atoms with Crippen molar-refractivity contribution in [3.63, 3.8) is 0 Å². The highest BCUT2D eigenvalue weighted by Crippen LogP contribution is 2.26. The molecule has 0 unspecified atom stereocenters. The number of benzene rings is 2. The first-order valence-electron chi connectivity index (χ1n) is 8.82. The van der Waals surface area contributed by atoms with Crippen molar-refractivity contribution in [3.05, 3.63) is 53.6 Å². The van der Waals surface area contributed by atoms with E-state index in [0.717, 1.165) is 0 Å². The van der Waals surface area contributed by atoms with Crippen LogP contribution in [-0.2, 0) is 4.79 Å². The Kier molecular flexibility index (Phi) is 6.19. The molecule has 3 amide bonds. The van der Waals surface area contributed by atoms with Crippen LogP contribution in [0.4, 0.5) is 16.2 Å². The van der Waals surface area contributed by atoms with Crippen LogP contribution in [-0.4, -0.2) is 37.0 Å². The van der Waals surface area contributed by atoms with Crippen LogP contribution in [0.3, 0.4) is 0 Å². The maximum atomic E-state index is 12.5. The number of nitrogens with zero attached hydrogens (tertiary/aromatic N) is 1. The minimum atomic E-state index is -0.166. The number of carbonyl (C=O) groups is 2. The molecule has 1 heterocycles. The summed E-state index contributed by atoms with van der Waals surface area (Å²) >= 11 is 5.85. The van der Waals surface area contributed by atoms with Crippen molar-refractivity contribution < 1.29 is 14.3 Å². The fourth-order valence-electron chi connectivity index (χ4n) is 3.06. The lowest BCUT2D eigenvalue weighted by atomic mass is 9.96. The average Bonchev–Trinajstić information content (AvgIpc) is 2.70. The fraction of sp³-hybridized carbons (Fsp3) is 0.300. The van der Waals surface area contributed by atoms with E-state index in [1.807, 2.05) is 18.2 Å². The average molecular weight is 388 g/mol. The maximum absolute atomic E-state index is 12.5. The van der Waals surface area contributed by atoms with Gasteiger partial charge in [-0.05, 0) is 49.2 Å². The molecule has 27 heavy (non-hydrogen) atoms. The molecule has 1 aliphatic heterocycles. The normalized spacial score (nSPS) is 14.5. The molecule has 0 bridgehead atoms. The Bertz CT molecular complexity index is 802. The summed E-state index contributed by atoms with van der Waals surface area (Å²) in [6.07, 6.45) is 1.24. The molecule has 0 saturated carbocycles. The Morgan fingerprint density at radius 2 is 1.70 bits per heavy atom. The van der Waals surface area contributed by atoms with Crippen LogP contribution in [0.15, 0.2) is 48.5 Å². The third-order valence-electron chi connectivity index (χ3n) is 4.61. The quantitative estimate of drug-likeness (QED) is 0.824. The van der Waals surface area contributed by atoms with E-state index >= 15 is 0 Å². The van der Waals surface area contributed by atoms with Gasteiger partial charge in [-0.2, -0.15) is 0 Å². The molecule has 1 saturated heterocycles. The van der Waals surface area contributed by atoms with E-state index in [0.29, 0.717) is 48.1 Å². The van der Waals surface area contributed by atoms with E-state index in [2.05, 4.69) is 10.6 Å². The van der Waals surface area contributed by atoms with Crippen LogP contribution < -0.4 is 15.4 Å². The number of rotatable bonds is 4. The highest BCUT2D eigenvalue weighted by atomic mass is 35.5. The molecule has 7 heteroatoms. The molecule has 2 aromatic rings. The van der Waals surface area contributed by atoms with Gasteiger partial charge in [0.1, 0.15) is 5.75 Å². The van der Waals surface area contributed by atoms with E-state index in [4.69, 9.17) is 16.3 Å². The zero-order chi connectivity index (χ0) is 19.2. The van der Waals surface area contributed by atoms with Crippen molar-refractivity contribution in [3.8, 4) is 5.75 Å². The number of hydrogen-bond acceptors (Lipinski definition) is 3. The van der Waals surface area contributed by atoms with Crippen molar-refractivity contribution in [2.24, 2.45) is 5.92 Å². The summed E-state index contributed by atoms with van der Waals surface area (Å²) in [4.78, 5) is 26.6. The van der Waals surface area contributed by atoms with Gasteiger partial charge in [-0.1, -0.05) is 23.7 Å². The van der Waals surface area contributed by atoms with Gasteiger partial charge >= 0.3 is 6.03 Å². The Labute approximate surface area is 163 Å². The lowest BCUT2D eigenvalue weighted by Gasteiger charge is -2.31. The summed E-state index contributed by atoms with van der Waals surface area (Å²) in [5.74, 6) is 0.456. The monoisotopic (exact) mass is 387 g/mol. The number of carbonyl (C=O) groups excluding carboxylic acids is 2. The number of hydrogen-bond donors (Lipinski definition) is 2. The number of amides is 3. The van der Waals surface area contributed by atoms with Crippen molar-refractivity contribution in [1.29, 1.82) is 0 Å². The van der Waals surface area contributed by atoms with Crippen LogP contribution >= 0.6 is 11.6 Å². The molecule has 3 rings (SSSR count). The molecule has 142 valence electrons. The maximum Gasteiger partial charge on any atom is 0.321 e. The highest BCUT2D eigenvalue weighted by molar-refractivity contribution is 6.30. The van der Waals surface area contributed by atoms with Gasteiger partial charge in [0.05, 0.1) is 12.8 Å². The molecule has 6 nitrogen and oxygen atoms in total. The third-order valence-corrected chi connectivity index (χ3v) is 4.87. The van der Waals surface area contributed by atoms with Gasteiger partial charge in [-0.15, -0.1) is 0 Å². The second-order valence-electron chi connectivity index (χ2n) is 6.39. The molecule has 0 spiro atoms. The summed E-state index contributed by atoms with van der Waals surface area (Å²) in [5.41, 5.74) is 1.35. The first-order valence-corrected chi connectivity index (χ1v) is 9.20. The number of ether oxygens (including phenoxy) is 1. The number of anilines is 2. The second-order valence-corrected chi connectivity index (χ2v) is 6.82. The number of urea groups is 1. The van der Waals surface area contributed by atoms with E-state index in [9.17, 15) is 9.59 Å². The van der Waals surface area contributed by atoms with Gasteiger partial charge in [0.15, 0.2) is 0 Å². The lowest BCUT2D eigenvalue weighted by molar-refractivity contribution is -0.121. The number of nitrogens with one attached hydrogen (secondary N) is 2. The van der Waals surface area contributed by atoms with Gasteiger partial charge in [0, 0.05) is 29.7 Å². The van der Waals surface area contributed by atoms with Crippen molar-refractivity contribution in [2.45, 2.75) is 12.8 Å². The summed E-state index contributed by atoms with van der Waals surface area (Å²) in [5, 5.41) is 6.39. The van der Waals surface area contributed by atoms with Crippen molar-refractivity contribution >= 4 is 34.9 Å². The molecule has 0 aliphatic carbocycles. The summed E-state index contributed by atoms with van der Waals surface area (Å²) < 4.78 is 5.26. The van der Waals surface area contributed by atoms with E-state index in [-0.39, 0.29) is 17.9 Å². The zero-order valence-electron chi connectivity index (χ0n) is 15.1. The van der Waals surface area contributed by atoms with Gasteiger partial charge in [-0.3, -0.25) is 4.79 Å². The van der Waals surface area contributed by atoms with Crippen LogP contribution in [0.5, 0.6) is 5.75 Å². The molecule has 0 radical (unpaired) electrons. The highest BCUT2D eigenvalue weighted by Gasteiger charge is 2.27. The third kappa shape index (κ3) is 4.92. The van der Waals surface area contributed by atoms with Crippen molar-refractivity contribution in [2.75, 3.05) is 30.8 Å². The number of likely N-dealkylation sites (tertiary alicyclic amines) is 1. The number of halogens is 1. The molecular formula is C20H22ClN3O3. The lowest BCUT2D eigenvalue weighted by Crippen LogP contribution is -2.43. The Hall–Kier alpha value is -2.73. The van der Waals surface area contributed by atoms with E-state index in [1.165, 1.54) is 0 Å². The van der Waals surface area contributed by atoms with Crippen LogP contribution in [0, 0.1) is 5.92 Å². The number of para-hydroxylation sites is 2. The Morgan fingerprint density at radius 3 is 2.37 bits per heavy atom. The number of piperidine rings is 1.